The van der Waals surface area contributed by atoms with Crippen LogP contribution in [0, 0.1) is 17.0 Å². The number of carbonyl (C=O) groups is 1. The maximum Gasteiger partial charge on any atom is 0.310 e. The highest BCUT2D eigenvalue weighted by atomic mass is 16.6. The van der Waals surface area contributed by atoms with Crippen molar-refractivity contribution in [3.63, 3.8) is 0 Å². The Balaban J connectivity index is 2.19. The zero-order chi connectivity index (χ0) is 18.6. The molecule has 0 unspecified atom stereocenters. The topological polar surface area (TPSA) is 81.5 Å². The van der Waals surface area contributed by atoms with E-state index in [1.165, 1.54) is 12.1 Å². The van der Waals surface area contributed by atoms with Gasteiger partial charge in [-0.3, -0.25) is 14.9 Å². The summed E-state index contributed by atoms with van der Waals surface area (Å²) in [5.74, 6) is -0.0278. The number of amides is 1. The van der Waals surface area contributed by atoms with Gasteiger partial charge in [-0.15, -0.1) is 0 Å². The molecule has 6 nitrogen and oxygen atoms in total. The Labute approximate surface area is 147 Å². The number of rotatable bonds is 6. The Hall–Kier alpha value is -2.89. The molecule has 0 aromatic heterocycles. The maximum atomic E-state index is 12.5. The summed E-state index contributed by atoms with van der Waals surface area (Å²) in [4.78, 5) is 23.0. The fourth-order valence-corrected chi connectivity index (χ4v) is 2.52. The Morgan fingerprint density at radius 3 is 2.44 bits per heavy atom. The molecule has 0 fully saturated rings. The van der Waals surface area contributed by atoms with Gasteiger partial charge in [-0.05, 0) is 37.0 Å². The molecule has 0 aliphatic carbocycles. The first-order valence-corrected chi connectivity index (χ1v) is 8.11. The second kappa shape index (κ2) is 7.79. The van der Waals surface area contributed by atoms with Gasteiger partial charge >= 0.3 is 5.69 Å². The molecule has 0 bridgehead atoms. The van der Waals surface area contributed by atoms with Crippen molar-refractivity contribution in [2.45, 2.75) is 39.7 Å². The molecular formula is C19H22N2O4. The van der Waals surface area contributed by atoms with Crippen LogP contribution >= 0.6 is 0 Å². The summed E-state index contributed by atoms with van der Waals surface area (Å²) < 4.78 is 5.53. The van der Waals surface area contributed by atoms with Gasteiger partial charge in [0.1, 0.15) is 0 Å². The van der Waals surface area contributed by atoms with Crippen LogP contribution in [0.25, 0.3) is 0 Å². The predicted molar refractivity (Wildman–Crippen MR) is 97.1 cm³/mol. The highest BCUT2D eigenvalue weighted by molar-refractivity contribution is 5.95. The summed E-state index contributed by atoms with van der Waals surface area (Å²) in [6, 6.07) is 11.9. The Morgan fingerprint density at radius 2 is 1.80 bits per heavy atom. The number of nitro groups is 1. The van der Waals surface area contributed by atoms with E-state index in [1.807, 2.05) is 25.1 Å². The zero-order valence-corrected chi connectivity index (χ0v) is 14.8. The van der Waals surface area contributed by atoms with E-state index < -0.39 is 11.0 Å². The molecule has 132 valence electrons. The van der Waals surface area contributed by atoms with Gasteiger partial charge in [0.15, 0.2) is 11.9 Å². The highest BCUT2D eigenvalue weighted by Crippen LogP contribution is 2.29. The number of nitrogens with zero attached hydrogens (tertiary/aromatic N) is 1. The van der Waals surface area contributed by atoms with E-state index in [1.54, 1.807) is 19.1 Å². The lowest BCUT2D eigenvalue weighted by Crippen LogP contribution is -2.31. The standard InChI is InChI=1S/C19H22N2O4/c1-12(2)15-9-7-8-13(3)18(15)20-19(22)14(4)25-17-11-6-5-10-16(17)21(23)24/h5-12,14H,1-4H3,(H,20,22)/t14-/m1/s1. The molecule has 1 amide bonds. The molecule has 0 saturated carbocycles. The number of benzene rings is 2. The minimum absolute atomic E-state index is 0.0732. The number of para-hydroxylation sites is 3. The lowest BCUT2D eigenvalue weighted by Gasteiger charge is -2.19. The molecule has 0 aliphatic heterocycles. The molecule has 6 heteroatoms. The van der Waals surface area contributed by atoms with E-state index in [4.69, 9.17) is 4.74 Å². The summed E-state index contributed by atoms with van der Waals surface area (Å²) in [6.45, 7) is 7.60. The van der Waals surface area contributed by atoms with E-state index in [0.29, 0.717) is 0 Å². The average molecular weight is 342 g/mol. The first-order chi connectivity index (χ1) is 11.8. The number of carbonyl (C=O) groups excluding carboxylic acids is 1. The molecular weight excluding hydrogens is 320 g/mol. The van der Waals surface area contributed by atoms with Crippen molar-refractivity contribution in [3.05, 3.63) is 63.7 Å². The van der Waals surface area contributed by atoms with Gasteiger partial charge in [0.25, 0.3) is 5.91 Å². The van der Waals surface area contributed by atoms with Crippen molar-refractivity contribution in [3.8, 4) is 5.75 Å². The number of nitrogens with one attached hydrogen (secondary N) is 1. The SMILES string of the molecule is Cc1cccc(C(C)C)c1NC(=O)[C@@H](C)Oc1ccccc1[N+](=O)[O-]. The normalized spacial score (nSPS) is 11.9. The van der Waals surface area contributed by atoms with E-state index in [2.05, 4.69) is 19.2 Å². The van der Waals surface area contributed by atoms with Crippen LogP contribution in [0.2, 0.25) is 0 Å². The molecule has 0 radical (unpaired) electrons. The second-order valence-corrected chi connectivity index (χ2v) is 6.17. The van der Waals surface area contributed by atoms with Gasteiger partial charge in [0.05, 0.1) is 4.92 Å². The molecule has 0 spiro atoms. The van der Waals surface area contributed by atoms with Gasteiger partial charge in [-0.2, -0.15) is 0 Å². The minimum atomic E-state index is -0.874. The molecule has 25 heavy (non-hydrogen) atoms. The summed E-state index contributed by atoms with van der Waals surface area (Å²) in [7, 11) is 0. The van der Waals surface area contributed by atoms with Crippen LogP contribution in [0.4, 0.5) is 11.4 Å². The van der Waals surface area contributed by atoms with E-state index in [-0.39, 0.29) is 23.3 Å². The molecule has 2 aromatic carbocycles. The Bertz CT molecular complexity index is 787. The number of anilines is 1. The summed E-state index contributed by atoms with van der Waals surface area (Å²) in [5, 5.41) is 13.9. The molecule has 0 saturated heterocycles. The van der Waals surface area contributed by atoms with Crippen molar-refractivity contribution in [2.75, 3.05) is 5.32 Å². The number of hydrogen-bond acceptors (Lipinski definition) is 4. The third-order valence-electron chi connectivity index (χ3n) is 3.91. The van der Waals surface area contributed by atoms with Crippen molar-refractivity contribution >= 4 is 17.3 Å². The van der Waals surface area contributed by atoms with Crippen molar-refractivity contribution in [1.29, 1.82) is 0 Å². The molecule has 0 heterocycles. The zero-order valence-electron chi connectivity index (χ0n) is 14.8. The van der Waals surface area contributed by atoms with E-state index >= 15 is 0 Å². The summed E-state index contributed by atoms with van der Waals surface area (Å²) in [6.07, 6.45) is -0.874. The molecule has 0 aliphatic rings. The van der Waals surface area contributed by atoms with Gasteiger partial charge in [-0.1, -0.05) is 44.2 Å². The lowest BCUT2D eigenvalue weighted by molar-refractivity contribution is -0.386. The fraction of sp³-hybridized carbons (Fsp3) is 0.316. The van der Waals surface area contributed by atoms with Gasteiger partial charge in [0, 0.05) is 11.8 Å². The van der Waals surface area contributed by atoms with Crippen LogP contribution in [0.5, 0.6) is 5.75 Å². The lowest BCUT2D eigenvalue weighted by atomic mass is 9.98. The fourth-order valence-electron chi connectivity index (χ4n) is 2.52. The summed E-state index contributed by atoms with van der Waals surface area (Å²) >= 11 is 0. The number of hydrogen-bond donors (Lipinski definition) is 1. The van der Waals surface area contributed by atoms with Gasteiger partial charge in [-0.25, -0.2) is 0 Å². The van der Waals surface area contributed by atoms with Crippen molar-refractivity contribution < 1.29 is 14.5 Å². The quantitative estimate of drug-likeness (QED) is 0.622. The predicted octanol–water partition coefficient (Wildman–Crippen LogP) is 4.43. The first-order valence-electron chi connectivity index (χ1n) is 8.11. The van der Waals surface area contributed by atoms with E-state index in [0.717, 1.165) is 16.8 Å². The van der Waals surface area contributed by atoms with Crippen LogP contribution in [-0.2, 0) is 4.79 Å². The highest BCUT2D eigenvalue weighted by Gasteiger charge is 2.22. The summed E-state index contributed by atoms with van der Waals surface area (Å²) in [5.41, 5.74) is 2.59. The van der Waals surface area contributed by atoms with Gasteiger partial charge < -0.3 is 10.1 Å². The average Bonchev–Trinajstić information content (AvgIpc) is 2.56. The second-order valence-electron chi connectivity index (χ2n) is 6.17. The van der Waals surface area contributed by atoms with Crippen LogP contribution in [0.15, 0.2) is 42.5 Å². The molecule has 1 atom stereocenters. The van der Waals surface area contributed by atoms with Gasteiger partial charge in [0.2, 0.25) is 0 Å². The maximum absolute atomic E-state index is 12.5. The van der Waals surface area contributed by atoms with Crippen molar-refractivity contribution in [1.82, 2.24) is 0 Å². The number of ether oxygens (including phenoxy) is 1. The van der Waals surface area contributed by atoms with E-state index in [9.17, 15) is 14.9 Å². The first kappa shape index (κ1) is 18.4. The molecule has 2 rings (SSSR count). The van der Waals surface area contributed by atoms with Crippen LogP contribution in [-0.4, -0.2) is 16.9 Å². The largest absolute Gasteiger partial charge is 0.474 e. The van der Waals surface area contributed by atoms with Crippen LogP contribution < -0.4 is 10.1 Å². The Morgan fingerprint density at radius 1 is 1.12 bits per heavy atom. The third-order valence-corrected chi connectivity index (χ3v) is 3.91. The van der Waals surface area contributed by atoms with Crippen LogP contribution in [0.1, 0.15) is 37.8 Å². The van der Waals surface area contributed by atoms with Crippen LogP contribution in [0.3, 0.4) is 0 Å². The number of nitro benzene ring substituents is 1. The molecule has 1 N–H and O–H groups in total. The van der Waals surface area contributed by atoms with Crippen molar-refractivity contribution in [2.24, 2.45) is 0 Å². The smallest absolute Gasteiger partial charge is 0.310 e. The molecule has 2 aromatic rings. The Kier molecular flexibility index (Phi) is 5.75. The third kappa shape index (κ3) is 4.35. The number of aryl methyl sites for hydroxylation is 1. The monoisotopic (exact) mass is 342 g/mol. The minimum Gasteiger partial charge on any atom is -0.474 e.